The van der Waals surface area contributed by atoms with Crippen LogP contribution in [0.1, 0.15) is 32.1 Å². The Hall–Kier alpha value is -1.66. The zero-order valence-corrected chi connectivity index (χ0v) is 14.5. The highest BCUT2D eigenvalue weighted by Crippen LogP contribution is 2.39. The number of anilines is 1. The van der Waals surface area contributed by atoms with Crippen molar-refractivity contribution < 1.29 is 14.3 Å². The van der Waals surface area contributed by atoms with E-state index in [0.717, 1.165) is 25.7 Å². The van der Waals surface area contributed by atoms with Gasteiger partial charge in [0, 0.05) is 12.2 Å². The number of amides is 1. The summed E-state index contributed by atoms with van der Waals surface area (Å²) in [5, 5.41) is 3.28. The molecule has 1 saturated heterocycles. The summed E-state index contributed by atoms with van der Waals surface area (Å²) in [5.41, 5.74) is 0. The standard InChI is InChI=1S/C17H22ClN3O3/c1-24-17(23)14-8-11-4-2-3-5-13(11)21(14)10-16(22)20-15-7-6-12(18)9-19-15/h6-7,9,11,13-14H,2-5,8,10H2,1H3,(H,19,20,22). The quantitative estimate of drug-likeness (QED) is 0.844. The fourth-order valence-electron chi connectivity index (χ4n) is 3.95. The van der Waals surface area contributed by atoms with E-state index in [2.05, 4.69) is 10.3 Å². The van der Waals surface area contributed by atoms with Crippen molar-refractivity contribution in [3.05, 3.63) is 23.4 Å². The van der Waals surface area contributed by atoms with Gasteiger partial charge >= 0.3 is 5.97 Å². The van der Waals surface area contributed by atoms with Crippen molar-refractivity contribution in [1.29, 1.82) is 0 Å². The number of carbonyl (C=O) groups excluding carboxylic acids is 2. The summed E-state index contributed by atoms with van der Waals surface area (Å²) in [5.74, 6) is 0.509. The smallest absolute Gasteiger partial charge is 0.323 e. The summed E-state index contributed by atoms with van der Waals surface area (Å²) in [7, 11) is 1.40. The van der Waals surface area contributed by atoms with E-state index in [9.17, 15) is 9.59 Å². The number of hydrogen-bond donors (Lipinski definition) is 1. The van der Waals surface area contributed by atoms with Crippen molar-refractivity contribution in [2.75, 3.05) is 19.0 Å². The number of halogens is 1. The Morgan fingerprint density at radius 3 is 2.88 bits per heavy atom. The normalized spacial score (nSPS) is 26.7. The van der Waals surface area contributed by atoms with Crippen LogP contribution in [0.3, 0.4) is 0 Å². The van der Waals surface area contributed by atoms with Crippen LogP contribution in [0.5, 0.6) is 0 Å². The molecule has 1 N–H and O–H groups in total. The first-order valence-electron chi connectivity index (χ1n) is 8.33. The third-order valence-corrected chi connectivity index (χ3v) is 5.24. The molecule has 0 bridgehead atoms. The lowest BCUT2D eigenvalue weighted by Gasteiger charge is -2.32. The Morgan fingerprint density at radius 1 is 1.38 bits per heavy atom. The number of likely N-dealkylation sites (tertiary alicyclic amines) is 1. The Bertz CT molecular complexity index is 608. The second-order valence-electron chi connectivity index (χ2n) is 6.47. The van der Waals surface area contributed by atoms with Crippen LogP contribution in [0.4, 0.5) is 5.82 Å². The molecule has 2 heterocycles. The van der Waals surface area contributed by atoms with Crippen LogP contribution in [0.2, 0.25) is 5.02 Å². The van der Waals surface area contributed by atoms with Gasteiger partial charge in [-0.2, -0.15) is 0 Å². The number of carbonyl (C=O) groups is 2. The predicted molar refractivity (Wildman–Crippen MR) is 90.7 cm³/mol. The van der Waals surface area contributed by atoms with Gasteiger partial charge in [-0.3, -0.25) is 14.5 Å². The fraction of sp³-hybridized carbons (Fsp3) is 0.588. The van der Waals surface area contributed by atoms with Gasteiger partial charge in [0.2, 0.25) is 5.91 Å². The number of aromatic nitrogens is 1. The first-order chi connectivity index (χ1) is 11.6. The topological polar surface area (TPSA) is 71.5 Å². The lowest BCUT2D eigenvalue weighted by atomic mass is 9.85. The monoisotopic (exact) mass is 351 g/mol. The number of methoxy groups -OCH3 is 1. The summed E-state index contributed by atoms with van der Waals surface area (Å²) in [4.78, 5) is 30.6. The molecule has 1 aliphatic carbocycles. The van der Waals surface area contributed by atoms with Crippen molar-refractivity contribution in [1.82, 2.24) is 9.88 Å². The molecule has 0 spiro atoms. The maximum absolute atomic E-state index is 12.4. The number of nitrogens with one attached hydrogen (secondary N) is 1. The molecule has 1 amide bonds. The molecule has 130 valence electrons. The van der Waals surface area contributed by atoms with Gasteiger partial charge < -0.3 is 10.1 Å². The molecule has 1 aromatic heterocycles. The van der Waals surface area contributed by atoms with Gasteiger partial charge in [-0.05, 0) is 37.3 Å². The average molecular weight is 352 g/mol. The van der Waals surface area contributed by atoms with Crippen LogP contribution < -0.4 is 5.32 Å². The van der Waals surface area contributed by atoms with E-state index >= 15 is 0 Å². The van der Waals surface area contributed by atoms with Crippen LogP contribution in [0, 0.1) is 5.92 Å². The zero-order valence-electron chi connectivity index (χ0n) is 13.7. The summed E-state index contributed by atoms with van der Waals surface area (Å²) < 4.78 is 4.94. The molecule has 3 rings (SSSR count). The molecule has 2 fully saturated rings. The fourth-order valence-corrected chi connectivity index (χ4v) is 4.06. The summed E-state index contributed by atoms with van der Waals surface area (Å²) in [6.07, 6.45) is 6.76. The van der Waals surface area contributed by atoms with Gasteiger partial charge in [0.05, 0.1) is 18.7 Å². The lowest BCUT2D eigenvalue weighted by molar-refractivity contribution is -0.146. The largest absolute Gasteiger partial charge is 0.468 e. The van der Waals surface area contributed by atoms with Crippen molar-refractivity contribution in [2.45, 2.75) is 44.2 Å². The molecule has 1 saturated carbocycles. The predicted octanol–water partition coefficient (Wildman–Crippen LogP) is 2.48. The van der Waals surface area contributed by atoms with E-state index in [1.54, 1.807) is 12.1 Å². The van der Waals surface area contributed by atoms with Gasteiger partial charge in [0.25, 0.3) is 0 Å². The highest BCUT2D eigenvalue weighted by molar-refractivity contribution is 6.30. The van der Waals surface area contributed by atoms with E-state index in [4.69, 9.17) is 16.3 Å². The van der Waals surface area contributed by atoms with Crippen LogP contribution in [0.15, 0.2) is 18.3 Å². The molecule has 0 radical (unpaired) electrons. The first kappa shape index (κ1) is 17.2. The SMILES string of the molecule is COC(=O)C1CC2CCCCC2N1CC(=O)Nc1ccc(Cl)cn1. The molecule has 0 aromatic carbocycles. The Kier molecular flexibility index (Phi) is 5.36. The minimum Gasteiger partial charge on any atom is -0.468 e. The molecule has 7 heteroatoms. The van der Waals surface area contributed by atoms with Crippen LogP contribution in [-0.4, -0.2) is 47.5 Å². The Labute approximate surface area is 146 Å². The number of pyridine rings is 1. The average Bonchev–Trinajstić information content (AvgIpc) is 2.95. The maximum atomic E-state index is 12.4. The molecular weight excluding hydrogens is 330 g/mol. The third kappa shape index (κ3) is 3.70. The molecular formula is C17H22ClN3O3. The van der Waals surface area contributed by atoms with Crippen molar-refractivity contribution >= 4 is 29.3 Å². The van der Waals surface area contributed by atoms with Gasteiger partial charge in [-0.1, -0.05) is 24.4 Å². The molecule has 24 heavy (non-hydrogen) atoms. The molecule has 3 atom stereocenters. The zero-order chi connectivity index (χ0) is 17.1. The summed E-state index contributed by atoms with van der Waals surface area (Å²) >= 11 is 5.80. The Morgan fingerprint density at radius 2 is 2.17 bits per heavy atom. The number of rotatable bonds is 4. The van der Waals surface area contributed by atoms with Crippen molar-refractivity contribution in [3.8, 4) is 0 Å². The van der Waals surface area contributed by atoms with E-state index < -0.39 is 0 Å². The molecule has 1 aliphatic heterocycles. The minimum atomic E-state index is -0.327. The van der Waals surface area contributed by atoms with Gasteiger partial charge in [0.1, 0.15) is 11.9 Å². The molecule has 6 nitrogen and oxygen atoms in total. The number of esters is 1. The van der Waals surface area contributed by atoms with E-state index in [0.29, 0.717) is 16.8 Å². The van der Waals surface area contributed by atoms with E-state index in [-0.39, 0.29) is 30.5 Å². The van der Waals surface area contributed by atoms with Crippen molar-refractivity contribution in [3.63, 3.8) is 0 Å². The van der Waals surface area contributed by atoms with Gasteiger partial charge in [0.15, 0.2) is 0 Å². The molecule has 3 unspecified atom stereocenters. The number of nitrogens with zero attached hydrogens (tertiary/aromatic N) is 2. The summed E-state index contributed by atoms with van der Waals surface area (Å²) in [6.45, 7) is 0.172. The highest BCUT2D eigenvalue weighted by Gasteiger charge is 2.46. The lowest BCUT2D eigenvalue weighted by Crippen LogP contribution is -2.46. The van der Waals surface area contributed by atoms with Crippen LogP contribution in [0.25, 0.3) is 0 Å². The van der Waals surface area contributed by atoms with E-state index in [1.165, 1.54) is 19.7 Å². The van der Waals surface area contributed by atoms with E-state index in [1.807, 2.05) is 4.90 Å². The maximum Gasteiger partial charge on any atom is 0.323 e. The molecule has 2 aliphatic rings. The highest BCUT2D eigenvalue weighted by atomic mass is 35.5. The Balaban J connectivity index is 1.68. The first-order valence-corrected chi connectivity index (χ1v) is 8.71. The number of ether oxygens (including phenoxy) is 1. The number of fused-ring (bicyclic) bond motifs is 1. The third-order valence-electron chi connectivity index (χ3n) is 5.02. The van der Waals surface area contributed by atoms with Gasteiger partial charge in [-0.15, -0.1) is 0 Å². The van der Waals surface area contributed by atoms with Crippen LogP contribution >= 0.6 is 11.6 Å². The second kappa shape index (κ2) is 7.49. The summed E-state index contributed by atoms with van der Waals surface area (Å²) in [6, 6.07) is 3.29. The van der Waals surface area contributed by atoms with Crippen LogP contribution in [-0.2, 0) is 14.3 Å². The second-order valence-corrected chi connectivity index (χ2v) is 6.91. The number of hydrogen-bond acceptors (Lipinski definition) is 5. The minimum absolute atomic E-state index is 0.172. The van der Waals surface area contributed by atoms with Gasteiger partial charge in [-0.25, -0.2) is 4.98 Å². The van der Waals surface area contributed by atoms with Crippen molar-refractivity contribution in [2.24, 2.45) is 5.92 Å². The molecule has 1 aromatic rings.